The summed E-state index contributed by atoms with van der Waals surface area (Å²) >= 11 is 5.88. The van der Waals surface area contributed by atoms with Gasteiger partial charge in [0.05, 0.1) is 5.01 Å². The minimum absolute atomic E-state index is 0.862. The van der Waals surface area contributed by atoms with Gasteiger partial charge in [0.1, 0.15) is 11.5 Å². The van der Waals surface area contributed by atoms with Gasteiger partial charge >= 0.3 is 0 Å². The van der Waals surface area contributed by atoms with E-state index in [1.165, 1.54) is 0 Å². The Morgan fingerprint density at radius 1 is 1.47 bits per heavy atom. The predicted molar refractivity (Wildman–Crippen MR) is 66.7 cm³/mol. The summed E-state index contributed by atoms with van der Waals surface area (Å²) in [4.78, 5) is 4.52. The van der Waals surface area contributed by atoms with Gasteiger partial charge in [-0.1, -0.05) is 0 Å². The fourth-order valence-electron chi connectivity index (χ4n) is 1.34. The summed E-state index contributed by atoms with van der Waals surface area (Å²) in [6.07, 6.45) is 2.08. The lowest BCUT2D eigenvalue weighted by Crippen LogP contribution is -1.84. The van der Waals surface area contributed by atoms with Crippen LogP contribution in [-0.4, -0.2) is 10.7 Å². The maximum atomic E-state index is 5.52. The highest BCUT2D eigenvalue weighted by Crippen LogP contribution is 2.24. The average molecular weight is 239 g/mol. The van der Waals surface area contributed by atoms with Crippen molar-refractivity contribution in [3.8, 4) is 11.5 Å². The van der Waals surface area contributed by atoms with E-state index in [1.807, 2.05) is 24.4 Å². The maximum absolute atomic E-state index is 5.52. The van der Waals surface area contributed by atoms with Crippen molar-refractivity contribution in [3.63, 3.8) is 0 Å². The van der Waals surface area contributed by atoms with Crippen LogP contribution in [0.25, 0.3) is 11.5 Å². The van der Waals surface area contributed by atoms with E-state index >= 15 is 0 Å². The van der Waals surface area contributed by atoms with Crippen molar-refractivity contribution in [3.05, 3.63) is 28.3 Å². The molecule has 2 aromatic heterocycles. The Balaban J connectivity index is 2.13. The topological polar surface area (TPSA) is 26.0 Å². The van der Waals surface area contributed by atoms with E-state index in [2.05, 4.69) is 17.6 Å². The monoisotopic (exact) mass is 239 g/mol. The molecule has 0 radical (unpaired) electrons. The second kappa shape index (κ2) is 4.86. The van der Waals surface area contributed by atoms with Crippen LogP contribution in [0.2, 0.25) is 0 Å². The smallest absolute Gasteiger partial charge is 0.153 e. The van der Waals surface area contributed by atoms with Crippen LogP contribution in [0, 0.1) is 6.92 Å². The molecule has 2 nitrogen and oxygen atoms in total. The van der Waals surface area contributed by atoms with E-state index in [-0.39, 0.29) is 0 Å². The lowest BCUT2D eigenvalue weighted by molar-refractivity contribution is 0.546. The first-order chi connectivity index (χ1) is 7.29. The molecule has 0 aromatic carbocycles. The van der Waals surface area contributed by atoms with Crippen LogP contribution in [0.15, 0.2) is 21.9 Å². The third-order valence-corrected chi connectivity index (χ3v) is 3.32. The molecule has 0 aliphatic rings. The van der Waals surface area contributed by atoms with E-state index in [9.17, 15) is 0 Å². The van der Waals surface area contributed by atoms with Crippen LogP contribution in [0.1, 0.15) is 17.2 Å². The van der Waals surface area contributed by atoms with Crippen molar-refractivity contribution >= 4 is 24.0 Å². The number of thiol groups is 1. The highest BCUT2D eigenvalue weighted by molar-refractivity contribution is 7.80. The highest BCUT2D eigenvalue weighted by atomic mass is 32.1. The number of thiazole rings is 1. The molecule has 0 fully saturated rings. The van der Waals surface area contributed by atoms with E-state index in [1.54, 1.807) is 11.3 Å². The van der Waals surface area contributed by atoms with Gasteiger partial charge in [-0.05, 0) is 31.2 Å². The van der Waals surface area contributed by atoms with Gasteiger partial charge in [-0.2, -0.15) is 12.6 Å². The van der Waals surface area contributed by atoms with Gasteiger partial charge in [0.15, 0.2) is 5.76 Å². The lowest BCUT2D eigenvalue weighted by atomic mass is 10.3. The zero-order valence-electron chi connectivity index (χ0n) is 8.56. The Kier molecular flexibility index (Phi) is 3.49. The summed E-state index contributed by atoms with van der Waals surface area (Å²) in [5.74, 6) is 2.70. The molecule has 0 amide bonds. The molecule has 0 bridgehead atoms. The molecule has 0 atom stereocenters. The molecule has 15 heavy (non-hydrogen) atoms. The standard InChI is InChI=1S/C11H13NOS2/c1-8-4-5-10(13-8)9-7-15-11(12-9)3-2-6-14/h4-5,7,14H,2-3,6H2,1H3. The Morgan fingerprint density at radius 3 is 3.00 bits per heavy atom. The Hall–Kier alpha value is -0.740. The van der Waals surface area contributed by atoms with Gasteiger partial charge in [0.2, 0.25) is 0 Å². The van der Waals surface area contributed by atoms with Crippen LogP contribution in [0.5, 0.6) is 0 Å². The Labute approximate surface area is 98.8 Å². The first kappa shape index (κ1) is 10.8. The summed E-state index contributed by atoms with van der Waals surface area (Å²) in [7, 11) is 0. The lowest BCUT2D eigenvalue weighted by Gasteiger charge is -1.91. The number of nitrogens with zero attached hydrogens (tertiary/aromatic N) is 1. The second-order valence-electron chi connectivity index (χ2n) is 3.36. The molecule has 2 rings (SSSR count). The van der Waals surface area contributed by atoms with Crippen LogP contribution < -0.4 is 0 Å². The largest absolute Gasteiger partial charge is 0.460 e. The van der Waals surface area contributed by atoms with Gasteiger partial charge in [-0.15, -0.1) is 11.3 Å². The van der Waals surface area contributed by atoms with Gasteiger partial charge in [-0.25, -0.2) is 4.98 Å². The van der Waals surface area contributed by atoms with Crippen molar-refractivity contribution in [1.82, 2.24) is 4.98 Å². The number of aryl methyl sites for hydroxylation is 2. The first-order valence-corrected chi connectivity index (χ1v) is 6.43. The van der Waals surface area contributed by atoms with E-state index < -0.39 is 0 Å². The molecule has 0 N–H and O–H groups in total. The summed E-state index contributed by atoms with van der Waals surface area (Å²) in [6, 6.07) is 3.93. The van der Waals surface area contributed by atoms with Crippen molar-refractivity contribution in [2.45, 2.75) is 19.8 Å². The van der Waals surface area contributed by atoms with Crippen LogP contribution in [0.3, 0.4) is 0 Å². The molecule has 4 heteroatoms. The molecule has 0 aliphatic heterocycles. The summed E-state index contributed by atoms with van der Waals surface area (Å²) in [6.45, 7) is 1.94. The molecule has 2 aromatic rings. The van der Waals surface area contributed by atoms with E-state index in [0.29, 0.717) is 0 Å². The minimum atomic E-state index is 0.862. The van der Waals surface area contributed by atoms with Crippen LogP contribution in [0.4, 0.5) is 0 Å². The summed E-state index contributed by atoms with van der Waals surface area (Å²) in [5, 5.41) is 3.21. The minimum Gasteiger partial charge on any atom is -0.460 e. The number of hydrogen-bond donors (Lipinski definition) is 1. The second-order valence-corrected chi connectivity index (χ2v) is 4.75. The molecule has 0 aliphatic carbocycles. The van der Waals surface area contributed by atoms with Gasteiger partial charge < -0.3 is 4.42 Å². The number of rotatable bonds is 4. The van der Waals surface area contributed by atoms with Gasteiger partial charge in [-0.3, -0.25) is 0 Å². The van der Waals surface area contributed by atoms with E-state index in [0.717, 1.165) is 40.8 Å². The molecule has 0 saturated heterocycles. The van der Waals surface area contributed by atoms with Crippen molar-refractivity contribution < 1.29 is 4.42 Å². The predicted octanol–water partition coefficient (Wildman–Crippen LogP) is 3.57. The number of aromatic nitrogens is 1. The molecule has 0 spiro atoms. The fraction of sp³-hybridized carbons (Fsp3) is 0.364. The van der Waals surface area contributed by atoms with Crippen LogP contribution >= 0.6 is 24.0 Å². The number of hydrogen-bond acceptors (Lipinski definition) is 4. The number of furan rings is 1. The average Bonchev–Trinajstić information content (AvgIpc) is 2.83. The third kappa shape index (κ3) is 2.63. The molecule has 80 valence electrons. The zero-order valence-corrected chi connectivity index (χ0v) is 10.3. The van der Waals surface area contributed by atoms with E-state index in [4.69, 9.17) is 4.42 Å². The SMILES string of the molecule is Cc1ccc(-c2csc(CCCS)n2)o1. The summed E-state index contributed by atoms with van der Waals surface area (Å²) < 4.78 is 5.52. The fourth-order valence-corrected chi connectivity index (χ4v) is 2.33. The van der Waals surface area contributed by atoms with Gasteiger partial charge in [0, 0.05) is 11.8 Å². The van der Waals surface area contributed by atoms with Gasteiger partial charge in [0.25, 0.3) is 0 Å². The molecule has 0 unspecified atom stereocenters. The third-order valence-electron chi connectivity index (χ3n) is 2.09. The molecular weight excluding hydrogens is 226 g/mol. The normalized spacial score (nSPS) is 10.8. The Bertz CT molecular complexity index is 433. The van der Waals surface area contributed by atoms with Crippen molar-refractivity contribution in [1.29, 1.82) is 0 Å². The molecular formula is C11H13NOS2. The quantitative estimate of drug-likeness (QED) is 0.825. The highest BCUT2D eigenvalue weighted by Gasteiger charge is 2.07. The first-order valence-electron chi connectivity index (χ1n) is 4.91. The molecule has 2 heterocycles. The van der Waals surface area contributed by atoms with Crippen molar-refractivity contribution in [2.24, 2.45) is 0 Å². The Morgan fingerprint density at radius 2 is 2.33 bits per heavy atom. The zero-order chi connectivity index (χ0) is 10.7. The van der Waals surface area contributed by atoms with Crippen LogP contribution in [-0.2, 0) is 6.42 Å². The van der Waals surface area contributed by atoms with Crippen molar-refractivity contribution in [2.75, 3.05) is 5.75 Å². The maximum Gasteiger partial charge on any atom is 0.153 e. The summed E-state index contributed by atoms with van der Waals surface area (Å²) in [5.41, 5.74) is 0.947. The molecule has 0 saturated carbocycles.